The zero-order valence-corrected chi connectivity index (χ0v) is 11.2. The molecule has 2 heterocycles. The van der Waals surface area contributed by atoms with Gasteiger partial charge in [-0.1, -0.05) is 11.6 Å². The van der Waals surface area contributed by atoms with Gasteiger partial charge in [0.25, 0.3) is 0 Å². The third-order valence-electron chi connectivity index (χ3n) is 3.24. The molecule has 0 saturated carbocycles. The second-order valence-corrected chi connectivity index (χ2v) is 4.78. The standard InChI is InChI=1S/C11H19ClN4O/c1-13-6-8-10(15(2)4-5-17-8)11-14-7-9(12)16(11)3/h7-8,10,13H,4-6H2,1-3H3. The molecule has 0 radical (unpaired) electrons. The van der Waals surface area contributed by atoms with E-state index in [9.17, 15) is 0 Å². The van der Waals surface area contributed by atoms with Gasteiger partial charge in [0.2, 0.25) is 0 Å². The molecule has 1 aliphatic heterocycles. The lowest BCUT2D eigenvalue weighted by Gasteiger charge is -2.38. The summed E-state index contributed by atoms with van der Waals surface area (Å²) >= 11 is 6.05. The molecule has 5 nitrogen and oxygen atoms in total. The van der Waals surface area contributed by atoms with Crippen molar-refractivity contribution in [1.29, 1.82) is 0 Å². The number of aromatic nitrogens is 2. The predicted molar refractivity (Wildman–Crippen MR) is 67.3 cm³/mol. The molecule has 17 heavy (non-hydrogen) atoms. The van der Waals surface area contributed by atoms with Gasteiger partial charge in [0, 0.05) is 20.1 Å². The lowest BCUT2D eigenvalue weighted by molar-refractivity contribution is -0.0641. The van der Waals surface area contributed by atoms with Gasteiger partial charge in [-0.3, -0.25) is 4.90 Å². The fourth-order valence-corrected chi connectivity index (χ4v) is 2.41. The van der Waals surface area contributed by atoms with Crippen molar-refractivity contribution in [3.63, 3.8) is 0 Å². The van der Waals surface area contributed by atoms with Gasteiger partial charge in [-0.05, 0) is 14.1 Å². The Labute approximate surface area is 107 Å². The Bertz CT molecular complexity index is 380. The Morgan fingerprint density at radius 2 is 2.35 bits per heavy atom. The summed E-state index contributed by atoms with van der Waals surface area (Å²) in [6, 6.07) is 0.147. The largest absolute Gasteiger partial charge is 0.373 e. The summed E-state index contributed by atoms with van der Waals surface area (Å²) < 4.78 is 7.74. The van der Waals surface area contributed by atoms with Crippen LogP contribution in [0.1, 0.15) is 11.9 Å². The van der Waals surface area contributed by atoms with E-state index in [1.807, 2.05) is 18.7 Å². The van der Waals surface area contributed by atoms with Crippen LogP contribution in [0.3, 0.4) is 0 Å². The molecule has 1 fully saturated rings. The fraction of sp³-hybridized carbons (Fsp3) is 0.727. The number of nitrogens with one attached hydrogen (secondary N) is 1. The first kappa shape index (κ1) is 12.8. The predicted octanol–water partition coefficient (Wildman–Crippen LogP) is 0.665. The number of hydrogen-bond acceptors (Lipinski definition) is 4. The number of imidazole rings is 1. The second kappa shape index (κ2) is 5.35. The van der Waals surface area contributed by atoms with Crippen LogP contribution in [0, 0.1) is 0 Å². The highest BCUT2D eigenvalue weighted by molar-refractivity contribution is 6.29. The van der Waals surface area contributed by atoms with Crippen molar-refractivity contribution < 1.29 is 4.74 Å². The molecule has 2 unspecified atom stereocenters. The highest BCUT2D eigenvalue weighted by atomic mass is 35.5. The van der Waals surface area contributed by atoms with Gasteiger partial charge < -0.3 is 14.6 Å². The summed E-state index contributed by atoms with van der Waals surface area (Å²) in [5.41, 5.74) is 0. The van der Waals surface area contributed by atoms with Crippen LogP contribution in [0.15, 0.2) is 6.20 Å². The van der Waals surface area contributed by atoms with Crippen LogP contribution >= 0.6 is 11.6 Å². The summed E-state index contributed by atoms with van der Waals surface area (Å²) in [7, 11) is 5.96. The van der Waals surface area contributed by atoms with Gasteiger partial charge in [-0.25, -0.2) is 4.98 Å². The minimum absolute atomic E-state index is 0.107. The summed E-state index contributed by atoms with van der Waals surface area (Å²) in [6.45, 7) is 2.48. The van der Waals surface area contributed by atoms with Crippen LogP contribution < -0.4 is 5.32 Å². The third-order valence-corrected chi connectivity index (χ3v) is 3.59. The molecule has 1 saturated heterocycles. The van der Waals surface area contributed by atoms with Crippen molar-refractivity contribution in [3.8, 4) is 0 Å². The molecule has 1 aliphatic rings. The summed E-state index contributed by atoms with van der Waals surface area (Å²) in [6.07, 6.45) is 1.80. The third kappa shape index (κ3) is 2.47. The van der Waals surface area contributed by atoms with E-state index in [0.29, 0.717) is 5.15 Å². The first-order valence-corrected chi connectivity index (χ1v) is 6.16. The van der Waals surface area contributed by atoms with Crippen LogP contribution in [0.4, 0.5) is 0 Å². The summed E-state index contributed by atoms with van der Waals surface area (Å²) in [5.74, 6) is 0.956. The maximum atomic E-state index is 6.05. The van der Waals surface area contributed by atoms with Crippen molar-refractivity contribution in [2.45, 2.75) is 12.1 Å². The molecule has 6 heteroatoms. The average Bonchev–Trinajstić information content (AvgIpc) is 2.61. The molecule has 96 valence electrons. The number of rotatable bonds is 3. The van der Waals surface area contributed by atoms with Gasteiger partial charge in [0.1, 0.15) is 11.0 Å². The van der Waals surface area contributed by atoms with Gasteiger partial charge in [0.05, 0.1) is 24.9 Å². The Balaban J connectivity index is 2.27. The number of nitrogens with zero attached hydrogens (tertiary/aromatic N) is 3. The molecule has 1 aromatic heterocycles. The van der Waals surface area contributed by atoms with Crippen LogP contribution in [-0.4, -0.2) is 54.3 Å². The summed E-state index contributed by atoms with van der Waals surface area (Å²) in [5, 5.41) is 3.82. The molecule has 1 N–H and O–H groups in total. The van der Waals surface area contributed by atoms with Crippen molar-refractivity contribution in [1.82, 2.24) is 19.8 Å². The lowest BCUT2D eigenvalue weighted by Crippen LogP contribution is -2.47. The van der Waals surface area contributed by atoms with E-state index in [0.717, 1.165) is 25.5 Å². The lowest BCUT2D eigenvalue weighted by atomic mass is 10.1. The Morgan fingerprint density at radius 1 is 1.59 bits per heavy atom. The zero-order valence-electron chi connectivity index (χ0n) is 10.5. The van der Waals surface area contributed by atoms with Crippen molar-refractivity contribution in [3.05, 3.63) is 17.2 Å². The molecule has 0 spiro atoms. The maximum Gasteiger partial charge on any atom is 0.129 e. The molecule has 2 rings (SSSR count). The monoisotopic (exact) mass is 258 g/mol. The van der Waals surface area contributed by atoms with Crippen molar-refractivity contribution >= 4 is 11.6 Å². The van der Waals surface area contributed by atoms with E-state index >= 15 is 0 Å². The first-order chi connectivity index (χ1) is 8.15. The Kier molecular flexibility index (Phi) is 4.04. The zero-order chi connectivity index (χ0) is 12.4. The Hall–Kier alpha value is -0.620. The van der Waals surface area contributed by atoms with E-state index < -0.39 is 0 Å². The number of ether oxygens (including phenoxy) is 1. The van der Waals surface area contributed by atoms with Crippen LogP contribution in [0.2, 0.25) is 5.15 Å². The molecule has 2 atom stereocenters. The van der Waals surface area contributed by atoms with Gasteiger partial charge in [0.15, 0.2) is 0 Å². The molecule has 1 aromatic rings. The van der Waals surface area contributed by atoms with E-state index in [1.54, 1.807) is 6.20 Å². The van der Waals surface area contributed by atoms with E-state index in [-0.39, 0.29) is 12.1 Å². The van der Waals surface area contributed by atoms with E-state index in [4.69, 9.17) is 16.3 Å². The summed E-state index contributed by atoms with van der Waals surface area (Å²) in [4.78, 5) is 6.67. The van der Waals surface area contributed by atoms with E-state index in [1.165, 1.54) is 0 Å². The van der Waals surface area contributed by atoms with Gasteiger partial charge in [-0.2, -0.15) is 0 Å². The number of hydrogen-bond donors (Lipinski definition) is 1. The molecule has 0 aromatic carbocycles. The minimum atomic E-state index is 0.107. The quantitative estimate of drug-likeness (QED) is 0.865. The molecule has 0 amide bonds. The van der Waals surface area contributed by atoms with Crippen molar-refractivity contribution in [2.75, 3.05) is 33.8 Å². The number of likely N-dealkylation sites (N-methyl/N-ethyl adjacent to an activating group) is 2. The minimum Gasteiger partial charge on any atom is -0.373 e. The molecule has 0 aliphatic carbocycles. The van der Waals surface area contributed by atoms with Crippen LogP contribution in [-0.2, 0) is 11.8 Å². The molecular formula is C11H19ClN4O. The smallest absolute Gasteiger partial charge is 0.129 e. The van der Waals surface area contributed by atoms with Crippen LogP contribution in [0.5, 0.6) is 0 Å². The van der Waals surface area contributed by atoms with Gasteiger partial charge >= 0.3 is 0 Å². The van der Waals surface area contributed by atoms with Crippen LogP contribution in [0.25, 0.3) is 0 Å². The normalized spacial score (nSPS) is 26.4. The van der Waals surface area contributed by atoms with Gasteiger partial charge in [-0.15, -0.1) is 0 Å². The van der Waals surface area contributed by atoms with Crippen molar-refractivity contribution in [2.24, 2.45) is 7.05 Å². The second-order valence-electron chi connectivity index (χ2n) is 4.39. The SMILES string of the molecule is CNCC1OCCN(C)C1c1ncc(Cl)n1C. The van der Waals surface area contributed by atoms with E-state index in [2.05, 4.69) is 22.2 Å². The topological polar surface area (TPSA) is 42.3 Å². The highest BCUT2D eigenvalue weighted by Crippen LogP contribution is 2.28. The average molecular weight is 259 g/mol. The number of halogens is 1. The first-order valence-electron chi connectivity index (χ1n) is 5.78. The number of morpholine rings is 1. The Morgan fingerprint density at radius 3 is 2.94 bits per heavy atom. The molecule has 0 bridgehead atoms. The highest BCUT2D eigenvalue weighted by Gasteiger charge is 2.34. The molecular weight excluding hydrogens is 240 g/mol. The fourth-order valence-electron chi connectivity index (χ4n) is 2.27. The maximum absolute atomic E-state index is 6.05.